The van der Waals surface area contributed by atoms with E-state index in [4.69, 9.17) is 27.9 Å². The molecule has 0 bridgehead atoms. The van der Waals surface area contributed by atoms with Crippen LogP contribution < -0.4 is 14.4 Å². The number of carbonyl (C=O) groups excluding carboxylic acids is 1. The van der Waals surface area contributed by atoms with E-state index >= 15 is 0 Å². The van der Waals surface area contributed by atoms with E-state index < -0.39 is 34.2 Å². The Hall–Kier alpha value is -2.95. The highest BCUT2D eigenvalue weighted by Crippen LogP contribution is 2.34. The molecule has 186 valence electrons. The number of nitrogens with zero attached hydrogens (tertiary/aromatic N) is 1. The fraction of sp³-hybridized carbons (Fsp3) is 0.174. The molecule has 0 atom stereocenters. The number of halogens is 5. The molecule has 3 aromatic carbocycles. The Bertz CT molecular complexity index is 1370. The van der Waals surface area contributed by atoms with Crippen LogP contribution in [0, 0.1) is 6.92 Å². The summed E-state index contributed by atoms with van der Waals surface area (Å²) in [4.78, 5) is 12.6. The van der Waals surface area contributed by atoms with Gasteiger partial charge < -0.3 is 10.1 Å². The van der Waals surface area contributed by atoms with Crippen LogP contribution in [0.3, 0.4) is 0 Å². The molecule has 12 heteroatoms. The highest BCUT2D eigenvalue weighted by Gasteiger charge is 2.32. The van der Waals surface area contributed by atoms with E-state index in [0.29, 0.717) is 5.56 Å². The lowest BCUT2D eigenvalue weighted by atomic mass is 10.2. The molecule has 0 aliphatic heterocycles. The van der Waals surface area contributed by atoms with Crippen LogP contribution in [0.4, 0.5) is 24.5 Å². The predicted molar refractivity (Wildman–Crippen MR) is 129 cm³/mol. The van der Waals surface area contributed by atoms with Crippen molar-refractivity contribution in [2.45, 2.75) is 18.0 Å². The van der Waals surface area contributed by atoms with Gasteiger partial charge in [-0.25, -0.2) is 8.42 Å². The number of anilines is 2. The van der Waals surface area contributed by atoms with Gasteiger partial charge >= 0.3 is 6.18 Å². The van der Waals surface area contributed by atoms with Gasteiger partial charge in [-0.1, -0.05) is 35.3 Å². The Balaban J connectivity index is 2.03. The van der Waals surface area contributed by atoms with E-state index in [1.807, 2.05) is 0 Å². The Labute approximate surface area is 210 Å². The number of carbonyl (C=O) groups is 1. The normalized spacial score (nSPS) is 11.7. The van der Waals surface area contributed by atoms with Crippen molar-refractivity contribution in [2.24, 2.45) is 0 Å². The van der Waals surface area contributed by atoms with E-state index in [1.165, 1.54) is 43.5 Å². The molecule has 0 fully saturated rings. The summed E-state index contributed by atoms with van der Waals surface area (Å²) in [6, 6.07) is 12.5. The lowest BCUT2D eigenvalue weighted by Gasteiger charge is -2.25. The largest absolute Gasteiger partial charge is 0.495 e. The number of rotatable bonds is 7. The number of benzene rings is 3. The molecule has 1 N–H and O–H groups in total. The highest BCUT2D eigenvalue weighted by molar-refractivity contribution is 7.93. The van der Waals surface area contributed by atoms with Crippen molar-refractivity contribution >= 4 is 50.5 Å². The minimum absolute atomic E-state index is 0.0159. The number of hydrogen-bond acceptors (Lipinski definition) is 4. The smallest absolute Gasteiger partial charge is 0.416 e. The zero-order chi connectivity index (χ0) is 26.0. The number of sulfonamides is 1. The fourth-order valence-corrected chi connectivity index (χ4v) is 5.11. The summed E-state index contributed by atoms with van der Waals surface area (Å²) in [5.74, 6) is -0.843. The Kier molecular flexibility index (Phi) is 7.88. The number of amides is 1. The summed E-state index contributed by atoms with van der Waals surface area (Å²) in [6.45, 7) is 0.913. The molecule has 0 radical (unpaired) electrons. The molecular formula is C23H19Cl2F3N2O4S. The van der Waals surface area contributed by atoms with Crippen molar-refractivity contribution in [3.8, 4) is 5.75 Å². The Morgan fingerprint density at radius 2 is 1.74 bits per heavy atom. The summed E-state index contributed by atoms with van der Waals surface area (Å²) in [6.07, 6.45) is -4.61. The van der Waals surface area contributed by atoms with Gasteiger partial charge in [0.05, 0.1) is 28.4 Å². The van der Waals surface area contributed by atoms with Gasteiger partial charge in [-0.15, -0.1) is 0 Å². The zero-order valence-electron chi connectivity index (χ0n) is 18.4. The van der Waals surface area contributed by atoms with Gasteiger partial charge in [0.15, 0.2) is 0 Å². The molecule has 0 spiro atoms. The monoisotopic (exact) mass is 546 g/mol. The second-order valence-electron chi connectivity index (χ2n) is 7.39. The van der Waals surface area contributed by atoms with Crippen LogP contribution in [0.15, 0.2) is 65.6 Å². The fourth-order valence-electron chi connectivity index (χ4n) is 3.16. The molecule has 1 amide bonds. The summed E-state index contributed by atoms with van der Waals surface area (Å²) in [7, 11) is -3.10. The highest BCUT2D eigenvalue weighted by atomic mass is 35.5. The van der Waals surface area contributed by atoms with E-state index in [9.17, 15) is 26.4 Å². The van der Waals surface area contributed by atoms with E-state index in [-0.39, 0.29) is 32.1 Å². The quantitative estimate of drug-likeness (QED) is 0.385. The van der Waals surface area contributed by atoms with Crippen LogP contribution in [0.1, 0.15) is 11.1 Å². The van der Waals surface area contributed by atoms with Crippen molar-refractivity contribution in [3.05, 3.63) is 81.8 Å². The molecule has 0 saturated carbocycles. The first-order chi connectivity index (χ1) is 16.3. The second-order valence-corrected chi connectivity index (χ2v) is 10.0. The summed E-state index contributed by atoms with van der Waals surface area (Å²) in [5, 5.41) is 2.51. The molecule has 3 rings (SSSR count). The van der Waals surface area contributed by atoms with Gasteiger partial charge in [-0.05, 0) is 61.0 Å². The number of alkyl halides is 3. The van der Waals surface area contributed by atoms with E-state index in [0.717, 1.165) is 22.5 Å². The number of aryl methyl sites for hydroxylation is 1. The Morgan fingerprint density at radius 1 is 1.03 bits per heavy atom. The summed E-state index contributed by atoms with van der Waals surface area (Å²) < 4.78 is 72.4. The first-order valence-corrected chi connectivity index (χ1v) is 12.1. The van der Waals surface area contributed by atoms with Crippen LogP contribution in [-0.2, 0) is 21.0 Å². The number of ether oxygens (including phenoxy) is 1. The average Bonchev–Trinajstić information content (AvgIpc) is 2.79. The van der Waals surface area contributed by atoms with Gasteiger partial charge in [-0.3, -0.25) is 9.10 Å². The van der Waals surface area contributed by atoms with Gasteiger partial charge in [0.2, 0.25) is 5.91 Å². The maximum absolute atomic E-state index is 13.7. The lowest BCUT2D eigenvalue weighted by molar-refractivity contribution is -0.137. The van der Waals surface area contributed by atoms with Gasteiger partial charge in [0.25, 0.3) is 10.0 Å². The van der Waals surface area contributed by atoms with Crippen molar-refractivity contribution in [1.82, 2.24) is 0 Å². The molecule has 3 aromatic rings. The van der Waals surface area contributed by atoms with E-state index in [1.54, 1.807) is 13.0 Å². The zero-order valence-corrected chi connectivity index (χ0v) is 20.7. The first kappa shape index (κ1) is 26.7. The topological polar surface area (TPSA) is 75.7 Å². The third-order valence-corrected chi connectivity index (χ3v) is 7.37. The number of hydrogen-bond donors (Lipinski definition) is 1. The molecule has 35 heavy (non-hydrogen) atoms. The van der Waals surface area contributed by atoms with Crippen molar-refractivity contribution in [2.75, 3.05) is 23.3 Å². The van der Waals surface area contributed by atoms with Crippen LogP contribution in [0.25, 0.3) is 0 Å². The molecule has 0 saturated heterocycles. The second kappa shape index (κ2) is 10.3. The molecule has 0 aliphatic carbocycles. The van der Waals surface area contributed by atoms with Crippen LogP contribution in [0.5, 0.6) is 5.75 Å². The van der Waals surface area contributed by atoms with Crippen molar-refractivity contribution in [3.63, 3.8) is 0 Å². The third kappa shape index (κ3) is 6.19. The SMILES string of the molecule is COc1ccc(C)cc1S(=O)(=O)N(CC(=O)Nc1cccc(C(F)(F)F)c1)c1ccc(Cl)c(Cl)c1. The summed E-state index contributed by atoms with van der Waals surface area (Å²) >= 11 is 12.0. The Morgan fingerprint density at radius 3 is 2.37 bits per heavy atom. The van der Waals surface area contributed by atoms with Crippen molar-refractivity contribution in [1.29, 1.82) is 0 Å². The third-order valence-electron chi connectivity index (χ3n) is 4.84. The average molecular weight is 547 g/mol. The number of methoxy groups -OCH3 is 1. The number of nitrogens with one attached hydrogen (secondary N) is 1. The van der Waals surface area contributed by atoms with Crippen LogP contribution >= 0.6 is 23.2 Å². The lowest BCUT2D eigenvalue weighted by Crippen LogP contribution is -2.38. The first-order valence-electron chi connectivity index (χ1n) is 9.92. The molecular weight excluding hydrogens is 528 g/mol. The van der Waals surface area contributed by atoms with Gasteiger partial charge in [0, 0.05) is 5.69 Å². The minimum atomic E-state index is -4.61. The summed E-state index contributed by atoms with van der Waals surface area (Å²) in [5.41, 5.74) is -0.479. The van der Waals surface area contributed by atoms with Gasteiger partial charge in [0.1, 0.15) is 17.2 Å². The van der Waals surface area contributed by atoms with Crippen molar-refractivity contribution < 1.29 is 31.1 Å². The van der Waals surface area contributed by atoms with E-state index in [2.05, 4.69) is 5.32 Å². The molecule has 6 nitrogen and oxygen atoms in total. The molecule has 0 heterocycles. The maximum Gasteiger partial charge on any atom is 0.416 e. The molecule has 0 unspecified atom stereocenters. The van der Waals surface area contributed by atoms with Gasteiger partial charge in [-0.2, -0.15) is 13.2 Å². The van der Waals surface area contributed by atoms with Crippen LogP contribution in [0.2, 0.25) is 10.0 Å². The minimum Gasteiger partial charge on any atom is -0.495 e. The maximum atomic E-state index is 13.7. The predicted octanol–water partition coefficient (Wildman–Crippen LogP) is 6.16. The molecule has 0 aromatic heterocycles. The standard InChI is InChI=1S/C23H19Cl2F3N2O4S/c1-14-6-9-20(34-2)21(10-14)35(32,33)30(17-7-8-18(24)19(25)12-17)13-22(31)29-16-5-3-4-15(11-16)23(26,27)28/h3-12H,13H2,1-2H3,(H,29,31). The molecule has 0 aliphatic rings. The van der Waals surface area contributed by atoms with Crippen LogP contribution in [-0.4, -0.2) is 28.0 Å².